The minimum atomic E-state index is -3.87. The molecule has 0 saturated heterocycles. The zero-order valence-corrected chi connectivity index (χ0v) is 17.8. The van der Waals surface area contributed by atoms with Crippen LogP contribution in [0.5, 0.6) is 0 Å². The zero-order chi connectivity index (χ0) is 21.6. The van der Waals surface area contributed by atoms with Gasteiger partial charge in [-0.05, 0) is 61.2 Å². The van der Waals surface area contributed by atoms with Crippen molar-refractivity contribution in [3.05, 3.63) is 70.5 Å². The molecule has 0 amide bonds. The number of hydrogen-bond acceptors (Lipinski definition) is 8. The van der Waals surface area contributed by atoms with Crippen LogP contribution in [0.1, 0.15) is 32.9 Å². The third-order valence-electron chi connectivity index (χ3n) is 5.17. The summed E-state index contributed by atoms with van der Waals surface area (Å²) < 4.78 is 27.3. The van der Waals surface area contributed by atoms with E-state index in [1.807, 2.05) is 6.07 Å². The van der Waals surface area contributed by atoms with Crippen LogP contribution in [0.25, 0.3) is 10.2 Å². The number of ketones is 1. The highest BCUT2D eigenvalue weighted by Crippen LogP contribution is 2.37. The van der Waals surface area contributed by atoms with Gasteiger partial charge in [0.2, 0.25) is 11.7 Å². The van der Waals surface area contributed by atoms with Gasteiger partial charge in [0.05, 0.1) is 10.6 Å². The molecule has 156 valence electrons. The number of rotatable bonds is 5. The van der Waals surface area contributed by atoms with Gasteiger partial charge in [-0.1, -0.05) is 0 Å². The van der Waals surface area contributed by atoms with Crippen LogP contribution >= 0.6 is 11.3 Å². The van der Waals surface area contributed by atoms with Crippen molar-refractivity contribution < 1.29 is 13.2 Å². The van der Waals surface area contributed by atoms with Crippen LogP contribution in [0.4, 0.5) is 11.6 Å². The van der Waals surface area contributed by atoms with E-state index in [9.17, 15) is 13.2 Å². The summed E-state index contributed by atoms with van der Waals surface area (Å²) in [6.45, 7) is 0. The summed E-state index contributed by atoms with van der Waals surface area (Å²) in [5, 5.41) is 0.806. The van der Waals surface area contributed by atoms with Gasteiger partial charge in [-0.3, -0.25) is 4.79 Å². The second-order valence-electron chi connectivity index (χ2n) is 7.18. The van der Waals surface area contributed by atoms with E-state index < -0.39 is 10.0 Å². The fourth-order valence-corrected chi connectivity index (χ4v) is 5.63. The second kappa shape index (κ2) is 7.40. The Morgan fingerprint density at radius 2 is 1.84 bits per heavy atom. The van der Waals surface area contributed by atoms with Gasteiger partial charge in [-0.2, -0.15) is 0 Å². The molecule has 10 heteroatoms. The van der Waals surface area contributed by atoms with Crippen LogP contribution in [-0.2, 0) is 22.9 Å². The molecule has 4 aromatic rings. The summed E-state index contributed by atoms with van der Waals surface area (Å²) >= 11 is 1.27. The maximum absolute atomic E-state index is 13.1. The number of aryl methyl sites for hydroxylation is 2. The summed E-state index contributed by atoms with van der Waals surface area (Å²) in [5.74, 6) is -0.288. The second-order valence-corrected chi connectivity index (χ2v) is 9.86. The Kier molecular flexibility index (Phi) is 4.67. The number of benzene rings is 1. The van der Waals surface area contributed by atoms with Gasteiger partial charge in [-0.25, -0.2) is 28.1 Å². The van der Waals surface area contributed by atoms with Gasteiger partial charge in [0.15, 0.2) is 0 Å². The molecule has 0 fully saturated rings. The Morgan fingerprint density at radius 1 is 1.10 bits per heavy atom. The van der Waals surface area contributed by atoms with Gasteiger partial charge in [-0.15, -0.1) is 11.3 Å². The highest BCUT2D eigenvalue weighted by Gasteiger charge is 2.23. The van der Waals surface area contributed by atoms with E-state index in [0.717, 1.165) is 35.2 Å². The molecular formula is C21H17N5O3S2. The molecule has 8 nitrogen and oxygen atoms in total. The SMILES string of the molecule is Nc1c(C(=O)c2ccc(S(=O)(=O)Nc3ncccn3)cc2)sc2nc3c(cc12)CCC3. The number of nitrogens with two attached hydrogens (primary N) is 1. The van der Waals surface area contributed by atoms with Crippen LogP contribution in [0.15, 0.2) is 53.7 Å². The molecule has 3 heterocycles. The number of carbonyl (C=O) groups excluding carboxylic acids is 1. The smallest absolute Gasteiger partial charge is 0.264 e. The fourth-order valence-electron chi connectivity index (χ4n) is 3.61. The van der Waals surface area contributed by atoms with E-state index in [4.69, 9.17) is 5.73 Å². The van der Waals surface area contributed by atoms with Gasteiger partial charge in [0.1, 0.15) is 9.71 Å². The molecule has 0 spiro atoms. The molecule has 0 bridgehead atoms. The predicted molar refractivity (Wildman–Crippen MR) is 119 cm³/mol. The molecule has 0 saturated carbocycles. The van der Waals surface area contributed by atoms with Crippen molar-refractivity contribution in [2.24, 2.45) is 0 Å². The van der Waals surface area contributed by atoms with E-state index >= 15 is 0 Å². The summed E-state index contributed by atoms with van der Waals surface area (Å²) in [6.07, 6.45) is 5.89. The maximum atomic E-state index is 13.1. The van der Waals surface area contributed by atoms with Crippen LogP contribution in [0.3, 0.4) is 0 Å². The molecule has 0 unspecified atom stereocenters. The quantitative estimate of drug-likeness (QED) is 0.446. The number of anilines is 2. The van der Waals surface area contributed by atoms with Crippen LogP contribution in [0.2, 0.25) is 0 Å². The minimum Gasteiger partial charge on any atom is -0.397 e. The maximum Gasteiger partial charge on any atom is 0.264 e. The lowest BCUT2D eigenvalue weighted by Gasteiger charge is -2.07. The molecule has 1 aliphatic carbocycles. The highest BCUT2D eigenvalue weighted by atomic mass is 32.2. The lowest BCUT2D eigenvalue weighted by molar-refractivity contribution is 0.104. The van der Waals surface area contributed by atoms with Crippen molar-refractivity contribution in [2.75, 3.05) is 10.5 Å². The number of thiophene rings is 1. The minimum absolute atomic E-state index is 0.00101. The molecule has 1 aromatic carbocycles. The van der Waals surface area contributed by atoms with Crippen LogP contribution in [-0.4, -0.2) is 29.2 Å². The van der Waals surface area contributed by atoms with Crippen LogP contribution in [0, 0.1) is 0 Å². The average molecular weight is 452 g/mol. The van der Waals surface area contributed by atoms with Crippen molar-refractivity contribution >= 4 is 49.0 Å². The average Bonchev–Trinajstić information content (AvgIpc) is 3.36. The summed E-state index contributed by atoms with van der Waals surface area (Å²) in [6, 6.07) is 9.31. The monoisotopic (exact) mass is 451 g/mol. The van der Waals surface area contributed by atoms with E-state index in [-0.39, 0.29) is 16.6 Å². The zero-order valence-electron chi connectivity index (χ0n) is 16.2. The van der Waals surface area contributed by atoms with E-state index in [0.29, 0.717) is 16.1 Å². The van der Waals surface area contributed by atoms with Crippen LogP contribution < -0.4 is 10.5 Å². The molecule has 1 aliphatic rings. The largest absolute Gasteiger partial charge is 0.397 e. The number of nitrogens with zero attached hydrogens (tertiary/aromatic N) is 3. The number of fused-ring (bicyclic) bond motifs is 2. The van der Waals surface area contributed by atoms with E-state index in [2.05, 4.69) is 19.7 Å². The topological polar surface area (TPSA) is 128 Å². The third-order valence-corrected chi connectivity index (χ3v) is 7.63. The Morgan fingerprint density at radius 3 is 2.58 bits per heavy atom. The van der Waals surface area contributed by atoms with Crippen molar-refractivity contribution in [3.63, 3.8) is 0 Å². The van der Waals surface area contributed by atoms with Gasteiger partial charge in [0.25, 0.3) is 10.0 Å². The number of nitrogen functional groups attached to an aromatic ring is 1. The van der Waals surface area contributed by atoms with E-state index in [1.54, 1.807) is 6.07 Å². The van der Waals surface area contributed by atoms with Crippen molar-refractivity contribution in [1.82, 2.24) is 15.0 Å². The van der Waals surface area contributed by atoms with Gasteiger partial charge >= 0.3 is 0 Å². The van der Waals surface area contributed by atoms with Crippen molar-refractivity contribution in [1.29, 1.82) is 0 Å². The summed E-state index contributed by atoms with van der Waals surface area (Å²) in [4.78, 5) is 26.6. The summed E-state index contributed by atoms with van der Waals surface area (Å²) in [5.41, 5.74) is 9.33. The first-order valence-corrected chi connectivity index (χ1v) is 11.9. The Hall–Kier alpha value is -3.37. The molecule has 31 heavy (non-hydrogen) atoms. The third kappa shape index (κ3) is 3.53. The normalized spacial score (nSPS) is 13.3. The number of aromatic nitrogens is 3. The number of carbonyl (C=O) groups is 1. The van der Waals surface area contributed by atoms with Crippen molar-refractivity contribution in [2.45, 2.75) is 24.2 Å². The lowest BCUT2D eigenvalue weighted by atomic mass is 10.1. The van der Waals surface area contributed by atoms with Gasteiger partial charge < -0.3 is 5.73 Å². The standard InChI is InChI=1S/C21H17N5O3S2/c22-17-15-11-13-3-1-4-16(13)25-20(15)30-19(17)18(27)12-5-7-14(8-6-12)31(28,29)26-21-23-9-2-10-24-21/h2,5-11H,1,3-4,22H2,(H,23,24,26). The Labute approximate surface area is 182 Å². The Balaban J connectivity index is 1.43. The molecule has 3 N–H and O–H groups in total. The number of nitrogens with one attached hydrogen (secondary N) is 1. The first kappa shape index (κ1) is 19.6. The highest BCUT2D eigenvalue weighted by molar-refractivity contribution is 7.92. The summed E-state index contributed by atoms with van der Waals surface area (Å²) in [7, 11) is -3.87. The molecule has 3 aromatic heterocycles. The molecular weight excluding hydrogens is 434 g/mol. The molecule has 0 radical (unpaired) electrons. The van der Waals surface area contributed by atoms with E-state index in [1.165, 1.54) is 53.6 Å². The first-order chi connectivity index (χ1) is 14.9. The van der Waals surface area contributed by atoms with Gasteiger partial charge in [0, 0.05) is 29.0 Å². The first-order valence-electron chi connectivity index (χ1n) is 9.58. The number of pyridine rings is 1. The number of sulfonamides is 1. The predicted octanol–water partition coefficient (Wildman–Crippen LogP) is 3.19. The van der Waals surface area contributed by atoms with Crippen molar-refractivity contribution in [3.8, 4) is 0 Å². The molecule has 0 aliphatic heterocycles. The molecule has 0 atom stereocenters. The molecule has 5 rings (SSSR count). The lowest BCUT2D eigenvalue weighted by Crippen LogP contribution is -2.15. The fraction of sp³-hybridized carbons (Fsp3) is 0.143. The number of hydrogen-bond donors (Lipinski definition) is 2. The Bertz CT molecular complexity index is 1420.